The number of aromatic nitrogens is 3. The second-order valence-electron chi connectivity index (χ2n) is 7.33. The maximum atomic E-state index is 13.3. The van der Waals surface area contributed by atoms with Crippen molar-refractivity contribution in [2.75, 3.05) is 6.54 Å². The zero-order valence-corrected chi connectivity index (χ0v) is 17.5. The summed E-state index contributed by atoms with van der Waals surface area (Å²) in [6.07, 6.45) is 6.35. The fourth-order valence-corrected chi connectivity index (χ4v) is 4.34. The molecule has 0 fully saturated rings. The van der Waals surface area contributed by atoms with Crippen LogP contribution in [0.3, 0.4) is 0 Å². The van der Waals surface area contributed by atoms with E-state index in [1.807, 2.05) is 41.6 Å². The van der Waals surface area contributed by atoms with Gasteiger partial charge < -0.3 is 4.90 Å². The standard InChI is InChI=1S/C23H19BrN4O/c1-15-21-11-17(18-3-2-9-25-13-18)5-4-16(21)8-10-27(15)23(29)22-12-20-7-6-19(24)14-28(20)26-22/h2-7,9,11-15H,8,10H2,1H3. The van der Waals surface area contributed by atoms with Crippen LogP contribution in [-0.2, 0) is 6.42 Å². The Bertz CT molecular complexity index is 1220. The number of benzene rings is 1. The molecule has 0 saturated heterocycles. The van der Waals surface area contributed by atoms with Gasteiger partial charge in [0, 0.05) is 29.6 Å². The first-order chi connectivity index (χ1) is 14.1. The maximum Gasteiger partial charge on any atom is 0.274 e. The Hall–Kier alpha value is -2.99. The zero-order chi connectivity index (χ0) is 20.0. The highest BCUT2D eigenvalue weighted by molar-refractivity contribution is 9.10. The Morgan fingerprint density at radius 3 is 2.86 bits per heavy atom. The SMILES string of the molecule is CC1c2cc(-c3cccnc3)ccc2CCN1C(=O)c1cc2ccc(Br)cn2n1. The lowest BCUT2D eigenvalue weighted by molar-refractivity contribution is 0.0671. The summed E-state index contributed by atoms with van der Waals surface area (Å²) in [7, 11) is 0. The third-order valence-corrected chi connectivity index (χ3v) is 6.05. The predicted octanol–water partition coefficient (Wildman–Crippen LogP) is 4.92. The minimum atomic E-state index is -0.0326. The van der Waals surface area contributed by atoms with Gasteiger partial charge in [0.1, 0.15) is 0 Å². The first-order valence-electron chi connectivity index (χ1n) is 9.59. The van der Waals surface area contributed by atoms with Crippen LogP contribution in [-0.4, -0.2) is 31.9 Å². The number of amides is 1. The molecule has 0 N–H and O–H groups in total. The normalized spacial score (nSPS) is 16.1. The van der Waals surface area contributed by atoms with Crippen molar-refractivity contribution >= 4 is 27.4 Å². The molecular formula is C23H19BrN4O. The third kappa shape index (κ3) is 3.23. The van der Waals surface area contributed by atoms with Crippen molar-refractivity contribution in [3.63, 3.8) is 0 Å². The van der Waals surface area contributed by atoms with Crippen LogP contribution in [0.1, 0.15) is 34.6 Å². The molecule has 4 aromatic rings. The number of hydrogen-bond acceptors (Lipinski definition) is 3. The number of rotatable bonds is 2. The summed E-state index contributed by atoms with van der Waals surface area (Å²) < 4.78 is 2.66. The number of nitrogens with zero attached hydrogens (tertiary/aromatic N) is 4. The van der Waals surface area contributed by atoms with Gasteiger partial charge in [-0.3, -0.25) is 9.78 Å². The fourth-order valence-electron chi connectivity index (χ4n) is 4.02. The number of pyridine rings is 2. The molecule has 0 spiro atoms. The molecule has 1 unspecified atom stereocenters. The molecule has 1 atom stereocenters. The van der Waals surface area contributed by atoms with Crippen LogP contribution in [0.15, 0.2) is 71.6 Å². The van der Waals surface area contributed by atoms with Gasteiger partial charge in [0.15, 0.2) is 5.69 Å². The summed E-state index contributed by atoms with van der Waals surface area (Å²) in [5.41, 5.74) is 6.07. The molecule has 5 nitrogen and oxygen atoms in total. The largest absolute Gasteiger partial charge is 0.330 e. The summed E-state index contributed by atoms with van der Waals surface area (Å²) >= 11 is 3.45. The molecule has 4 heterocycles. The molecule has 29 heavy (non-hydrogen) atoms. The molecule has 0 aliphatic carbocycles. The highest BCUT2D eigenvalue weighted by Gasteiger charge is 2.30. The maximum absolute atomic E-state index is 13.3. The van der Waals surface area contributed by atoms with Crippen molar-refractivity contribution in [3.05, 3.63) is 88.4 Å². The smallest absolute Gasteiger partial charge is 0.274 e. The molecule has 0 radical (unpaired) electrons. The average Bonchev–Trinajstić information content (AvgIpc) is 3.17. The second-order valence-corrected chi connectivity index (χ2v) is 8.24. The van der Waals surface area contributed by atoms with Crippen molar-refractivity contribution in [1.29, 1.82) is 0 Å². The summed E-state index contributed by atoms with van der Waals surface area (Å²) in [5.74, 6) is -0.0326. The molecule has 0 bridgehead atoms. The molecule has 0 saturated carbocycles. The molecule has 6 heteroatoms. The van der Waals surface area contributed by atoms with E-state index in [0.717, 1.165) is 27.5 Å². The summed E-state index contributed by atoms with van der Waals surface area (Å²) in [6.45, 7) is 2.78. The lowest BCUT2D eigenvalue weighted by Crippen LogP contribution is -2.39. The number of carbonyl (C=O) groups is 1. The predicted molar refractivity (Wildman–Crippen MR) is 116 cm³/mol. The minimum Gasteiger partial charge on any atom is -0.330 e. The van der Waals surface area contributed by atoms with Crippen molar-refractivity contribution in [2.24, 2.45) is 0 Å². The molecule has 3 aromatic heterocycles. The van der Waals surface area contributed by atoms with Crippen LogP contribution >= 0.6 is 15.9 Å². The molecular weight excluding hydrogens is 428 g/mol. The first kappa shape index (κ1) is 18.1. The van der Waals surface area contributed by atoms with Gasteiger partial charge in [0.05, 0.1) is 11.6 Å². The van der Waals surface area contributed by atoms with Crippen molar-refractivity contribution < 1.29 is 4.79 Å². The van der Waals surface area contributed by atoms with Crippen LogP contribution in [0.25, 0.3) is 16.6 Å². The number of carbonyl (C=O) groups excluding carboxylic acids is 1. The summed E-state index contributed by atoms with van der Waals surface area (Å²) in [6, 6.07) is 16.2. The van der Waals surface area contributed by atoms with Gasteiger partial charge in [-0.2, -0.15) is 5.10 Å². The average molecular weight is 447 g/mol. The van der Waals surface area contributed by atoms with Crippen LogP contribution in [0.5, 0.6) is 0 Å². The highest BCUT2D eigenvalue weighted by atomic mass is 79.9. The van der Waals surface area contributed by atoms with Crippen LogP contribution in [0.2, 0.25) is 0 Å². The van der Waals surface area contributed by atoms with E-state index in [1.165, 1.54) is 11.1 Å². The first-order valence-corrected chi connectivity index (χ1v) is 10.4. The van der Waals surface area contributed by atoms with E-state index >= 15 is 0 Å². The number of halogens is 1. The van der Waals surface area contributed by atoms with Crippen LogP contribution < -0.4 is 0 Å². The molecule has 144 valence electrons. The van der Waals surface area contributed by atoms with Gasteiger partial charge in [-0.15, -0.1) is 0 Å². The van der Waals surface area contributed by atoms with Crippen LogP contribution in [0, 0.1) is 0 Å². The number of hydrogen-bond donors (Lipinski definition) is 0. The lowest BCUT2D eigenvalue weighted by Gasteiger charge is -2.35. The second kappa shape index (κ2) is 7.12. The molecule has 1 amide bonds. The quantitative estimate of drug-likeness (QED) is 0.439. The Balaban J connectivity index is 1.48. The Morgan fingerprint density at radius 1 is 1.14 bits per heavy atom. The van der Waals surface area contributed by atoms with E-state index in [2.05, 4.69) is 57.2 Å². The fraction of sp³-hybridized carbons (Fsp3) is 0.174. The lowest BCUT2D eigenvalue weighted by atomic mass is 9.90. The van der Waals surface area contributed by atoms with Crippen molar-refractivity contribution in [1.82, 2.24) is 19.5 Å². The third-order valence-electron chi connectivity index (χ3n) is 5.58. The highest BCUT2D eigenvalue weighted by Crippen LogP contribution is 2.33. The summed E-state index contributed by atoms with van der Waals surface area (Å²) in [4.78, 5) is 19.4. The van der Waals surface area contributed by atoms with Gasteiger partial charge in [-0.25, -0.2) is 4.52 Å². The Kier molecular flexibility index (Phi) is 4.43. The Morgan fingerprint density at radius 2 is 2.03 bits per heavy atom. The van der Waals surface area contributed by atoms with Gasteiger partial charge in [-0.1, -0.05) is 18.2 Å². The molecule has 1 aliphatic rings. The van der Waals surface area contributed by atoms with E-state index in [0.29, 0.717) is 12.2 Å². The van der Waals surface area contributed by atoms with E-state index in [4.69, 9.17) is 0 Å². The van der Waals surface area contributed by atoms with Gasteiger partial charge in [0.2, 0.25) is 0 Å². The Labute approximate surface area is 177 Å². The topological polar surface area (TPSA) is 50.5 Å². The summed E-state index contributed by atoms with van der Waals surface area (Å²) in [5, 5.41) is 4.49. The van der Waals surface area contributed by atoms with E-state index in [1.54, 1.807) is 10.7 Å². The molecule has 1 aliphatic heterocycles. The van der Waals surface area contributed by atoms with Crippen LogP contribution in [0.4, 0.5) is 0 Å². The van der Waals surface area contributed by atoms with E-state index in [-0.39, 0.29) is 11.9 Å². The van der Waals surface area contributed by atoms with E-state index in [9.17, 15) is 4.79 Å². The van der Waals surface area contributed by atoms with Gasteiger partial charge in [0.25, 0.3) is 5.91 Å². The van der Waals surface area contributed by atoms with Gasteiger partial charge >= 0.3 is 0 Å². The molecule has 5 rings (SSSR count). The molecule has 1 aromatic carbocycles. The zero-order valence-electron chi connectivity index (χ0n) is 15.9. The minimum absolute atomic E-state index is 0.0144. The van der Waals surface area contributed by atoms with Gasteiger partial charge in [-0.05, 0) is 81.9 Å². The van der Waals surface area contributed by atoms with Crippen molar-refractivity contribution in [3.8, 4) is 11.1 Å². The monoisotopic (exact) mass is 446 g/mol. The van der Waals surface area contributed by atoms with E-state index < -0.39 is 0 Å². The van der Waals surface area contributed by atoms with Crippen molar-refractivity contribution in [2.45, 2.75) is 19.4 Å². The number of fused-ring (bicyclic) bond motifs is 2.